The van der Waals surface area contributed by atoms with Crippen LogP contribution in [-0.4, -0.2) is 46.2 Å². The number of imide groups is 1. The fourth-order valence-corrected chi connectivity index (χ4v) is 4.19. The van der Waals surface area contributed by atoms with Gasteiger partial charge in [0.1, 0.15) is 5.75 Å². The van der Waals surface area contributed by atoms with E-state index in [4.69, 9.17) is 4.74 Å². The number of amides is 4. The van der Waals surface area contributed by atoms with Gasteiger partial charge in [0.25, 0.3) is 11.8 Å². The van der Waals surface area contributed by atoms with Crippen molar-refractivity contribution in [2.24, 2.45) is 7.05 Å². The first-order valence-corrected chi connectivity index (χ1v) is 9.43. The number of hydrogen-bond donors (Lipinski definition) is 2. The molecule has 9 nitrogen and oxygen atoms in total. The zero-order valence-electron chi connectivity index (χ0n) is 16.4. The highest BCUT2D eigenvalue weighted by Crippen LogP contribution is 2.33. The summed E-state index contributed by atoms with van der Waals surface area (Å²) in [5, 5.41) is 10.3. The molecule has 30 heavy (non-hydrogen) atoms. The van der Waals surface area contributed by atoms with E-state index < -0.39 is 17.5 Å². The van der Waals surface area contributed by atoms with Crippen LogP contribution >= 0.6 is 0 Å². The molecule has 2 aliphatic rings. The minimum atomic E-state index is -1.39. The minimum absolute atomic E-state index is 0.00612. The van der Waals surface area contributed by atoms with Gasteiger partial charge in [-0.25, -0.2) is 4.79 Å². The lowest BCUT2D eigenvalue weighted by atomic mass is 9.88. The summed E-state index contributed by atoms with van der Waals surface area (Å²) < 4.78 is 6.90. The lowest BCUT2D eigenvalue weighted by molar-refractivity contribution is -0.124. The van der Waals surface area contributed by atoms with Crippen molar-refractivity contribution in [1.29, 1.82) is 0 Å². The van der Waals surface area contributed by atoms with Crippen molar-refractivity contribution in [2.75, 3.05) is 13.7 Å². The molecule has 0 bridgehead atoms. The second-order valence-electron chi connectivity index (χ2n) is 7.57. The summed E-state index contributed by atoms with van der Waals surface area (Å²) in [6, 6.07) is 10.1. The molecule has 0 unspecified atom stereocenters. The lowest BCUT2D eigenvalue weighted by Crippen LogP contribution is -2.52. The normalized spacial score (nSPS) is 20.5. The van der Waals surface area contributed by atoms with Gasteiger partial charge in [0.05, 0.1) is 19.2 Å². The maximum absolute atomic E-state index is 13.0. The Labute approximate surface area is 171 Å². The predicted octanol–water partition coefficient (Wildman–Crippen LogP) is 1.27. The smallest absolute Gasteiger partial charge is 0.322 e. The lowest BCUT2D eigenvalue weighted by Gasteiger charge is -2.31. The minimum Gasteiger partial charge on any atom is -0.497 e. The molecule has 1 fully saturated rings. The van der Waals surface area contributed by atoms with Crippen LogP contribution in [0.3, 0.4) is 0 Å². The first-order valence-electron chi connectivity index (χ1n) is 9.43. The van der Waals surface area contributed by atoms with Crippen molar-refractivity contribution < 1.29 is 19.1 Å². The zero-order chi connectivity index (χ0) is 21.0. The summed E-state index contributed by atoms with van der Waals surface area (Å²) in [6.45, 7) is 0.352. The zero-order valence-corrected chi connectivity index (χ0v) is 16.4. The van der Waals surface area contributed by atoms with Crippen LogP contribution in [0.15, 0.2) is 42.6 Å². The Kier molecular flexibility index (Phi) is 3.82. The molecule has 1 aromatic heterocycles. The Morgan fingerprint density at radius 2 is 2.00 bits per heavy atom. The largest absolute Gasteiger partial charge is 0.497 e. The van der Waals surface area contributed by atoms with Crippen LogP contribution in [0.4, 0.5) is 4.79 Å². The quantitative estimate of drug-likeness (QED) is 0.636. The summed E-state index contributed by atoms with van der Waals surface area (Å²) in [5.41, 5.74) is 1.37. The Bertz CT molecular complexity index is 1230. The number of nitrogens with zero attached hydrogens (tertiary/aromatic N) is 3. The van der Waals surface area contributed by atoms with Crippen LogP contribution in [0, 0.1) is 0 Å². The Morgan fingerprint density at radius 3 is 2.73 bits per heavy atom. The summed E-state index contributed by atoms with van der Waals surface area (Å²) >= 11 is 0. The van der Waals surface area contributed by atoms with Crippen LogP contribution in [-0.2, 0) is 23.9 Å². The van der Waals surface area contributed by atoms with E-state index in [-0.39, 0.29) is 12.5 Å². The van der Waals surface area contributed by atoms with Crippen LogP contribution in [0.1, 0.15) is 21.5 Å². The Hall–Kier alpha value is -3.88. The first kappa shape index (κ1) is 18.2. The highest BCUT2D eigenvalue weighted by Gasteiger charge is 2.50. The van der Waals surface area contributed by atoms with Crippen molar-refractivity contribution in [3.05, 3.63) is 59.3 Å². The van der Waals surface area contributed by atoms with Crippen molar-refractivity contribution in [3.63, 3.8) is 0 Å². The number of methoxy groups -OCH3 is 1. The fourth-order valence-electron chi connectivity index (χ4n) is 4.19. The van der Waals surface area contributed by atoms with Crippen LogP contribution in [0.5, 0.6) is 5.75 Å². The summed E-state index contributed by atoms with van der Waals surface area (Å²) in [5.74, 6) is -0.107. The molecule has 2 aliphatic heterocycles. The highest BCUT2D eigenvalue weighted by atomic mass is 16.5. The van der Waals surface area contributed by atoms with E-state index in [0.29, 0.717) is 23.4 Å². The first-order chi connectivity index (χ1) is 14.4. The van der Waals surface area contributed by atoms with E-state index in [1.54, 1.807) is 41.0 Å². The molecule has 2 N–H and O–H groups in total. The molecule has 9 heteroatoms. The van der Waals surface area contributed by atoms with Gasteiger partial charge >= 0.3 is 6.03 Å². The van der Waals surface area contributed by atoms with E-state index in [2.05, 4.69) is 15.7 Å². The number of ether oxygens (including phenoxy) is 1. The van der Waals surface area contributed by atoms with Gasteiger partial charge in [-0.15, -0.1) is 0 Å². The average molecular weight is 405 g/mol. The molecular formula is C21H19N5O4. The number of aryl methyl sites for hydroxylation is 1. The summed E-state index contributed by atoms with van der Waals surface area (Å²) in [6.07, 6.45) is 1.84. The van der Waals surface area contributed by atoms with Gasteiger partial charge in [-0.3, -0.25) is 19.6 Å². The molecule has 4 amide bonds. The van der Waals surface area contributed by atoms with Gasteiger partial charge in [0.15, 0.2) is 5.54 Å². The van der Waals surface area contributed by atoms with Gasteiger partial charge in [-0.1, -0.05) is 12.1 Å². The Morgan fingerprint density at radius 1 is 1.17 bits per heavy atom. The molecular weight excluding hydrogens is 386 g/mol. The summed E-state index contributed by atoms with van der Waals surface area (Å²) in [7, 11) is 3.36. The van der Waals surface area contributed by atoms with E-state index >= 15 is 0 Å². The number of urea groups is 1. The molecule has 1 atom stereocenters. The monoisotopic (exact) mass is 405 g/mol. The second-order valence-corrected chi connectivity index (χ2v) is 7.57. The molecule has 0 spiro atoms. The van der Waals surface area contributed by atoms with Gasteiger partial charge in [-0.2, -0.15) is 5.10 Å². The van der Waals surface area contributed by atoms with E-state index in [1.807, 2.05) is 25.4 Å². The number of aromatic nitrogens is 2. The number of rotatable bonds is 4. The molecule has 0 saturated carbocycles. The van der Waals surface area contributed by atoms with Crippen LogP contribution < -0.4 is 15.4 Å². The summed E-state index contributed by atoms with van der Waals surface area (Å²) in [4.78, 5) is 39.6. The van der Waals surface area contributed by atoms with E-state index in [1.165, 1.54) is 0 Å². The van der Waals surface area contributed by atoms with Crippen LogP contribution in [0.2, 0.25) is 0 Å². The van der Waals surface area contributed by atoms with E-state index in [9.17, 15) is 14.4 Å². The number of carbonyl (C=O) groups excluding carboxylic acids is 3. The van der Waals surface area contributed by atoms with Gasteiger partial charge in [0.2, 0.25) is 0 Å². The van der Waals surface area contributed by atoms with Crippen molar-refractivity contribution in [1.82, 2.24) is 25.3 Å². The maximum atomic E-state index is 13.0. The number of nitrogens with one attached hydrogen (secondary N) is 2. The van der Waals surface area contributed by atoms with Gasteiger partial charge < -0.3 is 15.0 Å². The third-order valence-corrected chi connectivity index (χ3v) is 5.68. The maximum Gasteiger partial charge on any atom is 0.322 e. The van der Waals surface area contributed by atoms with Crippen molar-refractivity contribution in [2.45, 2.75) is 12.1 Å². The highest BCUT2D eigenvalue weighted by molar-refractivity contribution is 6.08. The van der Waals surface area contributed by atoms with Crippen molar-refractivity contribution in [3.8, 4) is 5.75 Å². The third-order valence-electron chi connectivity index (χ3n) is 5.68. The Balaban J connectivity index is 1.55. The topological polar surface area (TPSA) is 106 Å². The average Bonchev–Trinajstić information content (AvgIpc) is 3.34. The number of benzene rings is 2. The second kappa shape index (κ2) is 6.31. The predicted molar refractivity (Wildman–Crippen MR) is 107 cm³/mol. The molecule has 3 aromatic rings. The standard InChI is InChI=1S/C21H19N5O4/c1-25-9-13-7-14(4-6-17(13)24-25)21(19(28)22-20(29)23-21)11-26-10-12-3-5-15(30-2)8-16(12)18(26)27/h3-9H,10-11H2,1-2H3,(H2,22,23,28,29)/t21-/m0/s1. The SMILES string of the molecule is COc1ccc2c(c1)C(=O)N(C[C@@]1(c3ccc4nn(C)cc4c3)NC(=O)NC1=O)C2. The molecule has 0 aliphatic carbocycles. The molecule has 5 rings (SSSR count). The fraction of sp³-hybridized carbons (Fsp3) is 0.238. The molecule has 152 valence electrons. The number of carbonyl (C=O) groups is 3. The molecule has 2 aromatic carbocycles. The van der Waals surface area contributed by atoms with Gasteiger partial charge in [0, 0.05) is 30.7 Å². The number of hydrogen-bond acceptors (Lipinski definition) is 5. The van der Waals surface area contributed by atoms with Crippen molar-refractivity contribution >= 4 is 28.7 Å². The molecule has 0 radical (unpaired) electrons. The third kappa shape index (κ3) is 2.62. The van der Waals surface area contributed by atoms with Crippen LogP contribution in [0.25, 0.3) is 10.9 Å². The van der Waals surface area contributed by atoms with Gasteiger partial charge in [-0.05, 0) is 35.4 Å². The molecule has 3 heterocycles. The molecule has 1 saturated heterocycles. The number of fused-ring (bicyclic) bond motifs is 2. The van der Waals surface area contributed by atoms with E-state index in [0.717, 1.165) is 16.5 Å².